The SMILES string of the molecule is Cl.Cn1cc(-c2ccc(NC(=O)C(N)C(c3ccccc3)c3ccccc3)cc2F)cnc1=O. The van der Waals surface area contributed by atoms with Gasteiger partial charge in [0.1, 0.15) is 5.82 Å². The molecule has 0 aliphatic rings. The van der Waals surface area contributed by atoms with Crippen LogP contribution in [0.25, 0.3) is 11.1 Å². The van der Waals surface area contributed by atoms with E-state index in [1.165, 1.54) is 29.1 Å². The zero-order valence-corrected chi connectivity index (χ0v) is 19.2. The third-order valence-electron chi connectivity index (χ3n) is 5.48. The first-order chi connectivity index (χ1) is 15.9. The van der Waals surface area contributed by atoms with E-state index in [0.717, 1.165) is 11.1 Å². The van der Waals surface area contributed by atoms with E-state index in [-0.39, 0.29) is 29.6 Å². The molecule has 0 fully saturated rings. The van der Waals surface area contributed by atoms with Crippen LogP contribution in [0.1, 0.15) is 17.0 Å². The van der Waals surface area contributed by atoms with E-state index >= 15 is 0 Å². The van der Waals surface area contributed by atoms with E-state index < -0.39 is 23.5 Å². The summed E-state index contributed by atoms with van der Waals surface area (Å²) < 4.78 is 16.1. The number of halogens is 2. The van der Waals surface area contributed by atoms with E-state index in [9.17, 15) is 14.0 Å². The second-order valence-electron chi connectivity index (χ2n) is 7.74. The number of aryl methyl sites for hydroxylation is 1. The largest absolute Gasteiger partial charge is 0.347 e. The summed E-state index contributed by atoms with van der Waals surface area (Å²) in [6.07, 6.45) is 2.82. The minimum absolute atomic E-state index is 0. The smallest absolute Gasteiger partial charge is 0.325 e. The van der Waals surface area contributed by atoms with Crippen LogP contribution in [0.2, 0.25) is 0 Å². The molecule has 1 heterocycles. The standard InChI is InChI=1S/C26H23FN4O2.ClH/c1-31-16-19(15-29-26(31)33)21-13-12-20(14-22(21)27)30-25(32)24(28)23(17-8-4-2-5-9-17)18-10-6-3-7-11-18;/h2-16,23-24H,28H2,1H3,(H,30,32);1H. The predicted octanol–water partition coefficient (Wildman–Crippen LogP) is 4.11. The number of nitrogens with one attached hydrogen (secondary N) is 1. The highest BCUT2D eigenvalue weighted by molar-refractivity contribution is 5.96. The fourth-order valence-corrected chi connectivity index (χ4v) is 3.78. The van der Waals surface area contributed by atoms with Crippen molar-refractivity contribution in [3.05, 3.63) is 119 Å². The van der Waals surface area contributed by atoms with Gasteiger partial charge in [-0.15, -0.1) is 12.4 Å². The van der Waals surface area contributed by atoms with Gasteiger partial charge in [0.25, 0.3) is 0 Å². The Labute approximate surface area is 202 Å². The number of hydrogen-bond acceptors (Lipinski definition) is 4. The van der Waals surface area contributed by atoms with Crippen LogP contribution in [0.5, 0.6) is 0 Å². The molecule has 4 aromatic rings. The normalized spacial score (nSPS) is 11.5. The first kappa shape index (κ1) is 24.8. The molecule has 1 amide bonds. The van der Waals surface area contributed by atoms with Gasteiger partial charge in [-0.2, -0.15) is 0 Å². The molecule has 0 bridgehead atoms. The van der Waals surface area contributed by atoms with Gasteiger partial charge in [0.2, 0.25) is 5.91 Å². The molecule has 34 heavy (non-hydrogen) atoms. The average Bonchev–Trinajstić information content (AvgIpc) is 2.82. The van der Waals surface area contributed by atoms with Gasteiger partial charge in [-0.05, 0) is 29.3 Å². The molecular weight excluding hydrogens is 455 g/mol. The van der Waals surface area contributed by atoms with E-state index in [0.29, 0.717) is 5.56 Å². The number of anilines is 1. The molecule has 3 aromatic carbocycles. The molecule has 4 rings (SSSR count). The quantitative estimate of drug-likeness (QED) is 0.436. The fourth-order valence-electron chi connectivity index (χ4n) is 3.78. The van der Waals surface area contributed by atoms with Crippen molar-refractivity contribution in [2.75, 3.05) is 5.32 Å². The van der Waals surface area contributed by atoms with Crippen molar-refractivity contribution in [1.29, 1.82) is 0 Å². The number of amides is 1. The van der Waals surface area contributed by atoms with Gasteiger partial charge in [0.15, 0.2) is 0 Å². The molecule has 0 radical (unpaired) electrons. The molecule has 6 nitrogen and oxygen atoms in total. The Morgan fingerprint density at radius 2 is 1.59 bits per heavy atom. The molecule has 0 aliphatic heterocycles. The molecule has 0 spiro atoms. The summed E-state index contributed by atoms with van der Waals surface area (Å²) in [6.45, 7) is 0. The van der Waals surface area contributed by atoms with Gasteiger partial charge in [-0.1, -0.05) is 60.7 Å². The lowest BCUT2D eigenvalue weighted by Gasteiger charge is -2.24. The van der Waals surface area contributed by atoms with E-state index in [2.05, 4.69) is 10.3 Å². The fraction of sp³-hybridized carbons (Fsp3) is 0.115. The van der Waals surface area contributed by atoms with Crippen LogP contribution in [0.3, 0.4) is 0 Å². The number of carbonyl (C=O) groups excluding carboxylic acids is 1. The third-order valence-corrected chi connectivity index (χ3v) is 5.48. The maximum atomic E-state index is 14.8. The third kappa shape index (κ3) is 5.39. The van der Waals surface area contributed by atoms with Crippen LogP contribution in [0.15, 0.2) is 96.1 Å². The Kier molecular flexibility index (Phi) is 7.94. The Morgan fingerprint density at radius 1 is 1.00 bits per heavy atom. The number of hydrogen-bond donors (Lipinski definition) is 2. The molecular formula is C26H24ClFN4O2. The van der Waals surface area contributed by atoms with Crippen LogP contribution >= 0.6 is 12.4 Å². The maximum absolute atomic E-state index is 14.8. The summed E-state index contributed by atoms with van der Waals surface area (Å²) in [5, 5.41) is 2.73. The van der Waals surface area contributed by atoms with Gasteiger partial charge in [-0.25, -0.2) is 14.2 Å². The Hall–Kier alpha value is -3.81. The van der Waals surface area contributed by atoms with Gasteiger partial charge in [0.05, 0.1) is 6.04 Å². The van der Waals surface area contributed by atoms with Crippen molar-refractivity contribution in [3.8, 4) is 11.1 Å². The number of nitrogens with zero attached hydrogens (tertiary/aromatic N) is 2. The van der Waals surface area contributed by atoms with E-state index in [4.69, 9.17) is 5.73 Å². The van der Waals surface area contributed by atoms with Gasteiger partial charge in [-0.3, -0.25) is 4.79 Å². The van der Waals surface area contributed by atoms with E-state index in [1.807, 2.05) is 60.7 Å². The predicted molar refractivity (Wildman–Crippen MR) is 133 cm³/mol. The highest BCUT2D eigenvalue weighted by Gasteiger charge is 2.28. The summed E-state index contributed by atoms with van der Waals surface area (Å²) in [6, 6.07) is 22.6. The van der Waals surface area contributed by atoms with Gasteiger partial charge < -0.3 is 15.6 Å². The number of rotatable bonds is 6. The zero-order valence-electron chi connectivity index (χ0n) is 18.4. The van der Waals surface area contributed by atoms with Crippen LogP contribution in [-0.4, -0.2) is 21.5 Å². The minimum atomic E-state index is -0.898. The molecule has 0 saturated carbocycles. The lowest BCUT2D eigenvalue weighted by Crippen LogP contribution is -2.41. The summed E-state index contributed by atoms with van der Waals surface area (Å²) in [4.78, 5) is 28.2. The van der Waals surface area contributed by atoms with Gasteiger partial charge in [0, 0.05) is 42.2 Å². The maximum Gasteiger partial charge on any atom is 0.347 e. The van der Waals surface area contributed by atoms with E-state index in [1.54, 1.807) is 13.1 Å². The lowest BCUT2D eigenvalue weighted by atomic mass is 9.85. The first-order valence-corrected chi connectivity index (χ1v) is 10.4. The highest BCUT2D eigenvalue weighted by atomic mass is 35.5. The Bertz CT molecular complexity index is 1290. The molecule has 0 saturated heterocycles. The van der Waals surface area contributed by atoms with Crippen molar-refractivity contribution in [2.24, 2.45) is 12.8 Å². The first-order valence-electron chi connectivity index (χ1n) is 10.4. The monoisotopic (exact) mass is 478 g/mol. The highest BCUT2D eigenvalue weighted by Crippen LogP contribution is 2.29. The van der Waals surface area contributed by atoms with Crippen LogP contribution in [-0.2, 0) is 11.8 Å². The topological polar surface area (TPSA) is 90.0 Å². The molecule has 1 unspecified atom stereocenters. The van der Waals surface area contributed by atoms with Crippen LogP contribution < -0.4 is 16.7 Å². The molecule has 0 aliphatic carbocycles. The minimum Gasteiger partial charge on any atom is -0.325 e. The molecule has 174 valence electrons. The Balaban J connectivity index is 0.00000324. The van der Waals surface area contributed by atoms with Crippen molar-refractivity contribution < 1.29 is 9.18 Å². The van der Waals surface area contributed by atoms with Crippen molar-refractivity contribution in [2.45, 2.75) is 12.0 Å². The summed E-state index contributed by atoms with van der Waals surface area (Å²) in [5.41, 5.74) is 8.83. The zero-order chi connectivity index (χ0) is 23.4. The lowest BCUT2D eigenvalue weighted by molar-refractivity contribution is -0.117. The van der Waals surface area contributed by atoms with Gasteiger partial charge >= 0.3 is 5.69 Å². The molecule has 3 N–H and O–H groups in total. The van der Waals surface area contributed by atoms with Crippen molar-refractivity contribution in [3.63, 3.8) is 0 Å². The molecule has 8 heteroatoms. The second-order valence-corrected chi connectivity index (χ2v) is 7.74. The van der Waals surface area contributed by atoms with Crippen LogP contribution in [0.4, 0.5) is 10.1 Å². The number of aromatic nitrogens is 2. The van der Waals surface area contributed by atoms with Crippen LogP contribution in [0, 0.1) is 5.82 Å². The average molecular weight is 479 g/mol. The molecule has 1 atom stereocenters. The number of benzene rings is 3. The Morgan fingerprint density at radius 3 is 2.12 bits per heavy atom. The summed E-state index contributed by atoms with van der Waals surface area (Å²) in [5.74, 6) is -1.35. The molecule has 1 aromatic heterocycles. The summed E-state index contributed by atoms with van der Waals surface area (Å²) >= 11 is 0. The van der Waals surface area contributed by atoms with Crippen molar-refractivity contribution in [1.82, 2.24) is 9.55 Å². The second kappa shape index (κ2) is 10.9. The van der Waals surface area contributed by atoms with Crippen molar-refractivity contribution >= 4 is 24.0 Å². The summed E-state index contributed by atoms with van der Waals surface area (Å²) in [7, 11) is 1.54. The number of nitrogens with two attached hydrogens (primary N) is 1. The number of carbonyl (C=O) groups is 1.